The Balaban J connectivity index is 1.79. The number of amides is 1. The first kappa shape index (κ1) is 18.3. The van der Waals surface area contributed by atoms with Crippen LogP contribution in [0.25, 0.3) is 0 Å². The third kappa shape index (κ3) is 3.71. The van der Waals surface area contributed by atoms with Crippen molar-refractivity contribution in [1.82, 2.24) is 4.31 Å². The Morgan fingerprint density at radius 3 is 2.42 bits per heavy atom. The summed E-state index contributed by atoms with van der Waals surface area (Å²) in [5.41, 5.74) is 0.421. The molecule has 2 aromatic rings. The highest BCUT2D eigenvalue weighted by Gasteiger charge is 2.39. The fourth-order valence-corrected chi connectivity index (χ4v) is 4.59. The Morgan fingerprint density at radius 1 is 1.15 bits per heavy atom. The first-order valence-electron chi connectivity index (χ1n) is 8.14. The number of hydrogen-bond acceptors (Lipinski definition) is 4. The van der Waals surface area contributed by atoms with Crippen molar-refractivity contribution in [3.05, 3.63) is 54.3 Å². The highest BCUT2D eigenvalue weighted by atomic mass is 32.2. The summed E-state index contributed by atoms with van der Waals surface area (Å²) in [6.45, 7) is 0.274. The molecule has 1 atom stereocenters. The third-order valence-electron chi connectivity index (χ3n) is 4.28. The van der Waals surface area contributed by atoms with E-state index in [4.69, 9.17) is 4.74 Å². The highest BCUT2D eigenvalue weighted by Crippen LogP contribution is 2.28. The van der Waals surface area contributed by atoms with E-state index in [1.807, 2.05) is 0 Å². The Morgan fingerprint density at radius 2 is 1.81 bits per heavy atom. The normalized spacial score (nSPS) is 17.8. The second kappa shape index (κ2) is 7.43. The van der Waals surface area contributed by atoms with E-state index in [0.717, 1.165) is 0 Å². The number of carbonyl (C=O) groups is 1. The van der Waals surface area contributed by atoms with Crippen LogP contribution < -0.4 is 10.1 Å². The fourth-order valence-electron chi connectivity index (χ4n) is 2.93. The number of carbonyl (C=O) groups excluding carboxylic acids is 1. The molecule has 2 aromatic carbocycles. The van der Waals surface area contributed by atoms with Crippen LogP contribution in [0.4, 0.5) is 10.1 Å². The van der Waals surface area contributed by atoms with Gasteiger partial charge in [-0.25, -0.2) is 12.8 Å². The lowest BCUT2D eigenvalue weighted by atomic mass is 10.2. The van der Waals surface area contributed by atoms with Crippen LogP contribution in [0.15, 0.2) is 53.4 Å². The maximum Gasteiger partial charge on any atom is 0.243 e. The van der Waals surface area contributed by atoms with E-state index < -0.39 is 27.8 Å². The monoisotopic (exact) mass is 378 g/mol. The molecule has 8 heteroatoms. The second-order valence-corrected chi connectivity index (χ2v) is 7.84. The smallest absolute Gasteiger partial charge is 0.243 e. The van der Waals surface area contributed by atoms with Crippen molar-refractivity contribution in [2.24, 2.45) is 0 Å². The first-order valence-corrected chi connectivity index (χ1v) is 9.58. The maximum absolute atomic E-state index is 13.0. The summed E-state index contributed by atoms with van der Waals surface area (Å²) in [4.78, 5) is 12.7. The topological polar surface area (TPSA) is 75.7 Å². The molecule has 1 fully saturated rings. The lowest BCUT2D eigenvalue weighted by molar-refractivity contribution is -0.119. The predicted molar refractivity (Wildman–Crippen MR) is 94.9 cm³/mol. The molecular formula is C18H19FN2O4S. The lowest BCUT2D eigenvalue weighted by Crippen LogP contribution is -2.43. The van der Waals surface area contributed by atoms with Crippen LogP contribution in [0.2, 0.25) is 0 Å². The molecule has 1 aliphatic heterocycles. The van der Waals surface area contributed by atoms with Crippen molar-refractivity contribution in [2.75, 3.05) is 19.0 Å². The van der Waals surface area contributed by atoms with E-state index in [1.54, 1.807) is 12.1 Å². The minimum atomic E-state index is -3.80. The summed E-state index contributed by atoms with van der Waals surface area (Å²) in [5, 5.41) is 2.65. The molecule has 0 unspecified atom stereocenters. The number of nitrogens with one attached hydrogen (secondary N) is 1. The molecule has 0 radical (unpaired) electrons. The van der Waals surface area contributed by atoms with Crippen molar-refractivity contribution in [2.45, 2.75) is 23.8 Å². The second-order valence-electron chi connectivity index (χ2n) is 5.95. The van der Waals surface area contributed by atoms with Gasteiger partial charge in [0.2, 0.25) is 15.9 Å². The summed E-state index contributed by atoms with van der Waals surface area (Å²) in [6, 6.07) is 10.6. The van der Waals surface area contributed by atoms with E-state index in [1.165, 1.54) is 47.8 Å². The molecule has 3 rings (SSSR count). The van der Waals surface area contributed by atoms with E-state index >= 15 is 0 Å². The zero-order valence-corrected chi connectivity index (χ0v) is 15.0. The number of hydrogen-bond donors (Lipinski definition) is 1. The summed E-state index contributed by atoms with van der Waals surface area (Å²) in [6.07, 6.45) is 1.03. The first-order chi connectivity index (χ1) is 12.4. The molecule has 1 amide bonds. The van der Waals surface area contributed by atoms with Gasteiger partial charge in [-0.05, 0) is 61.4 Å². The van der Waals surface area contributed by atoms with Gasteiger partial charge >= 0.3 is 0 Å². The summed E-state index contributed by atoms with van der Waals surface area (Å²) < 4.78 is 45.0. The van der Waals surface area contributed by atoms with Gasteiger partial charge in [0.1, 0.15) is 17.6 Å². The SMILES string of the molecule is COc1ccc(S(=O)(=O)N2CCC[C@@H]2C(=O)Nc2ccc(F)cc2)cc1. The van der Waals surface area contributed by atoms with Gasteiger partial charge in [-0.2, -0.15) is 4.31 Å². The molecule has 138 valence electrons. The molecule has 26 heavy (non-hydrogen) atoms. The number of methoxy groups -OCH3 is 1. The minimum Gasteiger partial charge on any atom is -0.497 e. The van der Waals surface area contributed by atoms with Gasteiger partial charge in [-0.15, -0.1) is 0 Å². The maximum atomic E-state index is 13.0. The van der Waals surface area contributed by atoms with Crippen LogP contribution in [-0.4, -0.2) is 38.3 Å². The number of sulfonamides is 1. The molecule has 0 bridgehead atoms. The Labute approximate surface area is 151 Å². The van der Waals surface area contributed by atoms with E-state index in [0.29, 0.717) is 24.3 Å². The highest BCUT2D eigenvalue weighted by molar-refractivity contribution is 7.89. The Kier molecular flexibility index (Phi) is 5.24. The molecule has 0 saturated carbocycles. The van der Waals surface area contributed by atoms with E-state index in [-0.39, 0.29) is 11.4 Å². The van der Waals surface area contributed by atoms with Crippen LogP contribution in [0.1, 0.15) is 12.8 Å². The van der Waals surface area contributed by atoms with Gasteiger partial charge in [-0.1, -0.05) is 0 Å². The molecule has 0 aliphatic carbocycles. The molecule has 0 spiro atoms. The Hall–Kier alpha value is -2.45. The molecule has 1 aliphatic rings. The van der Waals surface area contributed by atoms with Gasteiger partial charge < -0.3 is 10.1 Å². The Bertz CT molecular complexity index is 882. The number of halogens is 1. The summed E-state index contributed by atoms with van der Waals surface area (Å²) in [7, 11) is -2.30. The van der Waals surface area contributed by atoms with Crippen LogP contribution in [-0.2, 0) is 14.8 Å². The fraction of sp³-hybridized carbons (Fsp3) is 0.278. The number of anilines is 1. The van der Waals surface area contributed by atoms with Crippen LogP contribution in [0.5, 0.6) is 5.75 Å². The van der Waals surface area contributed by atoms with Crippen molar-refractivity contribution in [3.8, 4) is 5.75 Å². The van der Waals surface area contributed by atoms with Crippen LogP contribution in [0.3, 0.4) is 0 Å². The van der Waals surface area contributed by atoms with Gasteiger partial charge in [0.25, 0.3) is 0 Å². The van der Waals surface area contributed by atoms with Crippen molar-refractivity contribution in [1.29, 1.82) is 0 Å². The number of nitrogens with zero attached hydrogens (tertiary/aromatic N) is 1. The molecule has 0 aromatic heterocycles. The summed E-state index contributed by atoms with van der Waals surface area (Å²) >= 11 is 0. The zero-order valence-electron chi connectivity index (χ0n) is 14.2. The van der Waals surface area contributed by atoms with Crippen molar-refractivity contribution < 1.29 is 22.3 Å². The molecular weight excluding hydrogens is 359 g/mol. The third-order valence-corrected chi connectivity index (χ3v) is 6.21. The largest absolute Gasteiger partial charge is 0.497 e. The van der Waals surface area contributed by atoms with Gasteiger partial charge in [0.15, 0.2) is 0 Å². The van der Waals surface area contributed by atoms with Gasteiger partial charge in [-0.3, -0.25) is 4.79 Å². The average Bonchev–Trinajstić information content (AvgIpc) is 3.14. The molecule has 1 saturated heterocycles. The quantitative estimate of drug-likeness (QED) is 0.868. The minimum absolute atomic E-state index is 0.111. The number of ether oxygens (including phenoxy) is 1. The predicted octanol–water partition coefficient (Wildman–Crippen LogP) is 2.63. The molecule has 1 heterocycles. The lowest BCUT2D eigenvalue weighted by Gasteiger charge is -2.23. The van der Waals surface area contributed by atoms with Gasteiger partial charge in [0, 0.05) is 12.2 Å². The molecule has 6 nitrogen and oxygen atoms in total. The van der Waals surface area contributed by atoms with Gasteiger partial charge in [0.05, 0.1) is 12.0 Å². The van der Waals surface area contributed by atoms with Crippen molar-refractivity contribution in [3.63, 3.8) is 0 Å². The zero-order chi connectivity index (χ0) is 18.7. The van der Waals surface area contributed by atoms with E-state index in [9.17, 15) is 17.6 Å². The van der Waals surface area contributed by atoms with E-state index in [2.05, 4.69) is 5.32 Å². The number of rotatable bonds is 5. The standard InChI is InChI=1S/C18H19FN2O4S/c1-25-15-8-10-16(11-9-15)26(23,24)21-12-2-3-17(21)18(22)20-14-6-4-13(19)5-7-14/h4-11,17H,2-3,12H2,1H3,(H,20,22)/t17-/m1/s1. The average molecular weight is 378 g/mol. The number of benzene rings is 2. The molecule has 1 N–H and O–H groups in total. The van der Waals surface area contributed by atoms with Crippen LogP contribution >= 0.6 is 0 Å². The van der Waals surface area contributed by atoms with Crippen LogP contribution in [0, 0.1) is 5.82 Å². The van der Waals surface area contributed by atoms with Crippen molar-refractivity contribution >= 4 is 21.6 Å². The summed E-state index contributed by atoms with van der Waals surface area (Å²) in [5.74, 6) is -0.283.